The van der Waals surface area contributed by atoms with E-state index in [4.69, 9.17) is 5.73 Å². The van der Waals surface area contributed by atoms with Crippen molar-refractivity contribution in [1.82, 2.24) is 5.32 Å². The molecular formula is C17H18N4O3. The van der Waals surface area contributed by atoms with Gasteiger partial charge in [-0.15, -0.1) is 0 Å². The summed E-state index contributed by atoms with van der Waals surface area (Å²) in [5.74, 6) is -0.775. The third kappa shape index (κ3) is 5.45. The molecule has 0 radical (unpaired) electrons. The predicted molar refractivity (Wildman–Crippen MR) is 91.7 cm³/mol. The van der Waals surface area contributed by atoms with Crippen molar-refractivity contribution in [3.05, 3.63) is 60.2 Å². The van der Waals surface area contributed by atoms with Gasteiger partial charge in [-0.25, -0.2) is 4.79 Å². The van der Waals surface area contributed by atoms with Gasteiger partial charge in [0.25, 0.3) is 0 Å². The van der Waals surface area contributed by atoms with E-state index in [1.54, 1.807) is 24.3 Å². The summed E-state index contributed by atoms with van der Waals surface area (Å²) in [4.78, 5) is 34.4. The van der Waals surface area contributed by atoms with Crippen LogP contribution < -0.4 is 21.7 Å². The maximum Gasteiger partial charge on any atom is 0.319 e. The van der Waals surface area contributed by atoms with Crippen LogP contribution >= 0.6 is 0 Å². The van der Waals surface area contributed by atoms with E-state index in [2.05, 4.69) is 16.0 Å². The molecule has 2 aromatic rings. The van der Waals surface area contributed by atoms with Crippen LogP contribution in [-0.2, 0) is 4.79 Å². The molecule has 0 unspecified atom stereocenters. The fraction of sp³-hybridized carbons (Fsp3) is 0.118. The Hall–Kier alpha value is -3.35. The maximum atomic E-state index is 11.8. The number of hydrogen-bond donors (Lipinski definition) is 4. The van der Waals surface area contributed by atoms with Crippen molar-refractivity contribution in [3.63, 3.8) is 0 Å². The molecule has 24 heavy (non-hydrogen) atoms. The van der Waals surface area contributed by atoms with Crippen molar-refractivity contribution in [1.29, 1.82) is 0 Å². The molecule has 7 nitrogen and oxygen atoms in total. The van der Waals surface area contributed by atoms with Crippen molar-refractivity contribution in [2.75, 3.05) is 17.2 Å². The number of rotatable bonds is 6. The van der Waals surface area contributed by atoms with Gasteiger partial charge in [0.1, 0.15) is 0 Å². The first kappa shape index (κ1) is 17.0. The molecule has 0 spiro atoms. The minimum atomic E-state index is -0.526. The second-order valence-corrected chi connectivity index (χ2v) is 4.99. The number of nitrogens with one attached hydrogen (secondary N) is 3. The van der Waals surface area contributed by atoms with E-state index in [0.717, 1.165) is 0 Å². The van der Waals surface area contributed by atoms with Gasteiger partial charge in [-0.05, 0) is 36.4 Å². The van der Waals surface area contributed by atoms with Crippen LogP contribution in [0.2, 0.25) is 0 Å². The molecule has 0 aliphatic carbocycles. The molecular weight excluding hydrogens is 308 g/mol. The first-order valence-electron chi connectivity index (χ1n) is 7.34. The topological polar surface area (TPSA) is 113 Å². The van der Waals surface area contributed by atoms with Crippen LogP contribution in [0.5, 0.6) is 0 Å². The highest BCUT2D eigenvalue weighted by Gasteiger charge is 2.06. The Morgan fingerprint density at radius 2 is 1.46 bits per heavy atom. The summed E-state index contributed by atoms with van der Waals surface area (Å²) in [7, 11) is 0. The molecule has 0 fully saturated rings. The molecule has 0 saturated heterocycles. The lowest BCUT2D eigenvalue weighted by Crippen LogP contribution is -2.31. The Bertz CT molecular complexity index is 714. The third-order valence-electron chi connectivity index (χ3n) is 3.12. The van der Waals surface area contributed by atoms with Gasteiger partial charge in [-0.3, -0.25) is 9.59 Å². The Labute approximate surface area is 139 Å². The fourth-order valence-electron chi connectivity index (χ4n) is 1.93. The smallest absolute Gasteiger partial charge is 0.319 e. The standard InChI is InChI=1S/C17H18N4O3/c18-16(23)12-6-8-14(9-7-12)20-15(22)10-11-19-17(24)21-13-4-2-1-3-5-13/h1-9H,10-11H2,(H2,18,23)(H,20,22)(H2,19,21,24). The number of para-hydroxylation sites is 1. The number of primary amides is 1. The minimum Gasteiger partial charge on any atom is -0.366 e. The summed E-state index contributed by atoms with van der Waals surface area (Å²) < 4.78 is 0. The van der Waals surface area contributed by atoms with E-state index in [-0.39, 0.29) is 24.9 Å². The first-order chi connectivity index (χ1) is 11.5. The van der Waals surface area contributed by atoms with E-state index >= 15 is 0 Å². The molecule has 0 bridgehead atoms. The number of carbonyl (C=O) groups is 3. The average molecular weight is 326 g/mol. The molecule has 124 valence electrons. The van der Waals surface area contributed by atoms with Crippen LogP contribution in [0.1, 0.15) is 16.8 Å². The lowest BCUT2D eigenvalue weighted by Gasteiger charge is -2.08. The number of carbonyl (C=O) groups excluding carboxylic acids is 3. The van der Waals surface area contributed by atoms with Gasteiger partial charge in [0.05, 0.1) is 0 Å². The average Bonchev–Trinajstić information content (AvgIpc) is 2.56. The van der Waals surface area contributed by atoms with Crippen molar-refractivity contribution < 1.29 is 14.4 Å². The van der Waals surface area contributed by atoms with E-state index in [1.807, 2.05) is 18.2 Å². The highest BCUT2D eigenvalue weighted by molar-refractivity contribution is 5.95. The zero-order valence-electron chi connectivity index (χ0n) is 12.9. The molecule has 7 heteroatoms. The van der Waals surface area contributed by atoms with Gasteiger partial charge in [0.15, 0.2) is 0 Å². The van der Waals surface area contributed by atoms with E-state index in [0.29, 0.717) is 16.9 Å². The normalized spacial score (nSPS) is 9.83. The van der Waals surface area contributed by atoms with Crippen LogP contribution in [0.4, 0.5) is 16.2 Å². The molecule has 0 aliphatic rings. The van der Waals surface area contributed by atoms with Gasteiger partial charge >= 0.3 is 6.03 Å². The lowest BCUT2D eigenvalue weighted by atomic mass is 10.2. The molecule has 5 N–H and O–H groups in total. The monoisotopic (exact) mass is 326 g/mol. The molecule has 0 saturated carbocycles. The Balaban J connectivity index is 1.71. The quantitative estimate of drug-likeness (QED) is 0.650. The summed E-state index contributed by atoms with van der Waals surface area (Å²) >= 11 is 0. The maximum absolute atomic E-state index is 11.8. The highest BCUT2D eigenvalue weighted by Crippen LogP contribution is 2.09. The van der Waals surface area contributed by atoms with E-state index < -0.39 is 5.91 Å². The number of nitrogens with two attached hydrogens (primary N) is 1. The zero-order valence-corrected chi connectivity index (χ0v) is 12.9. The number of benzene rings is 2. The predicted octanol–water partition coefficient (Wildman–Crippen LogP) is 1.94. The highest BCUT2D eigenvalue weighted by atomic mass is 16.2. The molecule has 2 aromatic carbocycles. The van der Waals surface area contributed by atoms with Gasteiger partial charge in [-0.1, -0.05) is 18.2 Å². The SMILES string of the molecule is NC(=O)c1ccc(NC(=O)CCNC(=O)Nc2ccccc2)cc1. The third-order valence-corrected chi connectivity index (χ3v) is 3.12. The van der Waals surface area contributed by atoms with Crippen LogP contribution in [0.25, 0.3) is 0 Å². The van der Waals surface area contributed by atoms with Crippen molar-refractivity contribution in [2.45, 2.75) is 6.42 Å². The van der Waals surface area contributed by atoms with Gasteiger partial charge < -0.3 is 21.7 Å². The van der Waals surface area contributed by atoms with E-state index in [1.165, 1.54) is 12.1 Å². The Kier molecular flexibility index (Phi) is 5.90. The number of anilines is 2. The Morgan fingerprint density at radius 1 is 0.833 bits per heavy atom. The molecule has 0 atom stereocenters. The van der Waals surface area contributed by atoms with Crippen LogP contribution in [-0.4, -0.2) is 24.4 Å². The minimum absolute atomic E-state index is 0.125. The van der Waals surface area contributed by atoms with Crippen LogP contribution in [0.15, 0.2) is 54.6 Å². The molecule has 0 aliphatic heterocycles. The lowest BCUT2D eigenvalue weighted by molar-refractivity contribution is -0.116. The summed E-state index contributed by atoms with van der Waals surface area (Å²) in [6.07, 6.45) is 0.125. The van der Waals surface area contributed by atoms with Gasteiger partial charge in [-0.2, -0.15) is 0 Å². The Morgan fingerprint density at radius 3 is 2.08 bits per heavy atom. The summed E-state index contributed by atoms with van der Waals surface area (Å²) in [5, 5.41) is 7.93. The zero-order chi connectivity index (χ0) is 17.4. The number of amides is 4. The first-order valence-corrected chi connectivity index (χ1v) is 7.34. The number of hydrogen-bond acceptors (Lipinski definition) is 3. The number of urea groups is 1. The summed E-state index contributed by atoms with van der Waals surface area (Å²) in [6, 6.07) is 14.9. The molecule has 0 aromatic heterocycles. The van der Waals surface area contributed by atoms with Crippen molar-refractivity contribution >= 4 is 29.2 Å². The van der Waals surface area contributed by atoms with Crippen molar-refractivity contribution in [3.8, 4) is 0 Å². The molecule has 2 rings (SSSR count). The summed E-state index contributed by atoms with van der Waals surface area (Å²) in [6.45, 7) is 0.198. The van der Waals surface area contributed by atoms with Gasteiger partial charge in [0.2, 0.25) is 11.8 Å². The van der Waals surface area contributed by atoms with Crippen molar-refractivity contribution in [2.24, 2.45) is 5.73 Å². The summed E-state index contributed by atoms with van der Waals surface area (Å²) in [5.41, 5.74) is 6.74. The molecule has 4 amide bonds. The largest absolute Gasteiger partial charge is 0.366 e. The van der Waals surface area contributed by atoms with Gasteiger partial charge in [0, 0.05) is 29.9 Å². The second-order valence-electron chi connectivity index (χ2n) is 4.99. The fourth-order valence-corrected chi connectivity index (χ4v) is 1.93. The van der Waals surface area contributed by atoms with Crippen LogP contribution in [0.3, 0.4) is 0 Å². The van der Waals surface area contributed by atoms with Crippen LogP contribution in [0, 0.1) is 0 Å². The van der Waals surface area contributed by atoms with E-state index in [9.17, 15) is 14.4 Å². The molecule has 0 heterocycles. The second kappa shape index (κ2) is 8.33.